The predicted molar refractivity (Wildman–Crippen MR) is 103 cm³/mol. The number of rotatable bonds is 6. The molecule has 10 nitrogen and oxygen atoms in total. The summed E-state index contributed by atoms with van der Waals surface area (Å²) < 4.78 is 27.9. The van der Waals surface area contributed by atoms with Crippen LogP contribution in [0.25, 0.3) is 11.3 Å². The Labute approximate surface area is 164 Å². The number of aromatic nitrogens is 3. The second kappa shape index (κ2) is 9.73. The van der Waals surface area contributed by atoms with Crippen LogP contribution in [0.3, 0.4) is 0 Å². The highest BCUT2D eigenvalue weighted by Crippen LogP contribution is 2.20. The Morgan fingerprint density at radius 3 is 2.71 bits per heavy atom. The summed E-state index contributed by atoms with van der Waals surface area (Å²) >= 11 is 1.09. The molecule has 3 aromatic rings. The van der Waals surface area contributed by atoms with Gasteiger partial charge in [0.25, 0.3) is 16.5 Å². The minimum atomic E-state index is -3.68. The Morgan fingerprint density at radius 1 is 1.36 bits per heavy atom. The smallest absolute Gasteiger partial charge is 0.290 e. The van der Waals surface area contributed by atoms with Crippen molar-refractivity contribution < 1.29 is 23.1 Å². The number of amides is 1. The van der Waals surface area contributed by atoms with Crippen LogP contribution in [0.5, 0.6) is 0 Å². The van der Waals surface area contributed by atoms with E-state index in [1.165, 1.54) is 10.7 Å². The van der Waals surface area contributed by atoms with E-state index in [0.29, 0.717) is 11.5 Å². The number of sulfonamides is 1. The van der Waals surface area contributed by atoms with Crippen LogP contribution in [0, 0.1) is 0 Å². The van der Waals surface area contributed by atoms with E-state index in [9.17, 15) is 13.2 Å². The van der Waals surface area contributed by atoms with E-state index in [2.05, 4.69) is 20.1 Å². The lowest BCUT2D eigenvalue weighted by Gasteiger charge is -2.06. The fourth-order valence-electron chi connectivity index (χ4n) is 2.07. The average Bonchev–Trinajstić information content (AvgIpc) is 3.33. The van der Waals surface area contributed by atoms with Crippen LogP contribution >= 0.6 is 11.3 Å². The molecule has 12 heteroatoms. The zero-order valence-corrected chi connectivity index (χ0v) is 16.3. The molecule has 3 aromatic heterocycles. The maximum Gasteiger partial charge on any atom is 0.290 e. The van der Waals surface area contributed by atoms with Crippen molar-refractivity contribution in [2.75, 3.05) is 11.9 Å². The van der Waals surface area contributed by atoms with Crippen LogP contribution < -0.4 is 10.0 Å². The average molecular weight is 423 g/mol. The van der Waals surface area contributed by atoms with Crippen LogP contribution in [-0.4, -0.2) is 47.2 Å². The van der Waals surface area contributed by atoms with Gasteiger partial charge in [-0.2, -0.15) is 5.10 Å². The molecule has 0 aromatic carbocycles. The molecule has 3 heterocycles. The fourth-order valence-corrected chi connectivity index (χ4v) is 4.09. The lowest BCUT2D eigenvalue weighted by Crippen LogP contribution is -2.32. The Kier molecular flexibility index (Phi) is 7.37. The molecule has 3 rings (SSSR count). The van der Waals surface area contributed by atoms with Crippen LogP contribution in [0.15, 0.2) is 52.3 Å². The van der Waals surface area contributed by atoms with Gasteiger partial charge in [-0.15, -0.1) is 11.3 Å². The quantitative estimate of drug-likeness (QED) is 0.505. The van der Waals surface area contributed by atoms with Gasteiger partial charge in [0.05, 0.1) is 12.2 Å². The van der Waals surface area contributed by atoms with Crippen molar-refractivity contribution >= 4 is 39.6 Å². The van der Waals surface area contributed by atoms with Gasteiger partial charge in [0.15, 0.2) is 0 Å². The molecule has 148 valence electrons. The van der Waals surface area contributed by atoms with E-state index in [-0.39, 0.29) is 17.2 Å². The number of thiophene rings is 1. The van der Waals surface area contributed by atoms with Crippen LogP contribution in [0.2, 0.25) is 0 Å². The minimum Gasteiger partial charge on any atom is -0.483 e. The third kappa shape index (κ3) is 5.70. The van der Waals surface area contributed by atoms with Crippen molar-refractivity contribution in [1.29, 1.82) is 0 Å². The van der Waals surface area contributed by atoms with E-state index in [1.54, 1.807) is 43.0 Å². The van der Waals surface area contributed by atoms with Gasteiger partial charge >= 0.3 is 0 Å². The third-order valence-electron chi connectivity index (χ3n) is 3.29. The minimum absolute atomic E-state index is 0.166. The number of pyridine rings is 1. The monoisotopic (exact) mass is 423 g/mol. The molecule has 0 radical (unpaired) electrons. The van der Waals surface area contributed by atoms with Crippen molar-refractivity contribution in [1.82, 2.24) is 19.5 Å². The molecule has 3 N–H and O–H groups in total. The molecular weight excluding hydrogens is 406 g/mol. The fraction of sp³-hybridized carbons (Fsp3) is 0.125. The third-order valence-corrected chi connectivity index (χ3v) is 6.09. The second-order valence-corrected chi connectivity index (χ2v) is 8.13. The van der Waals surface area contributed by atoms with Crippen LogP contribution in [0.1, 0.15) is 0 Å². The molecule has 0 saturated carbocycles. The number of hydrogen-bond donors (Lipinski definition) is 3. The summed E-state index contributed by atoms with van der Waals surface area (Å²) in [6.07, 6.45) is 3.33. The van der Waals surface area contributed by atoms with E-state index in [4.69, 9.17) is 9.90 Å². The first-order valence-electron chi connectivity index (χ1n) is 7.72. The van der Waals surface area contributed by atoms with Crippen LogP contribution in [-0.2, 0) is 26.7 Å². The summed E-state index contributed by atoms with van der Waals surface area (Å²) in [5.41, 5.74) is 1.47. The largest absolute Gasteiger partial charge is 0.483 e. The van der Waals surface area contributed by atoms with Gasteiger partial charge in [0, 0.05) is 31.1 Å². The Balaban J connectivity index is 0.000000878. The second-order valence-electron chi connectivity index (χ2n) is 5.19. The first-order valence-corrected chi connectivity index (χ1v) is 10.1. The van der Waals surface area contributed by atoms with E-state index >= 15 is 0 Å². The first-order chi connectivity index (χ1) is 13.4. The molecular formula is C16H17N5O5S2. The molecule has 28 heavy (non-hydrogen) atoms. The molecule has 0 fully saturated rings. The molecule has 0 saturated heterocycles. The van der Waals surface area contributed by atoms with Gasteiger partial charge < -0.3 is 10.4 Å². The Hall–Kier alpha value is -3.09. The number of nitrogens with zero attached hydrogens (tertiary/aromatic N) is 3. The number of aryl methyl sites for hydroxylation is 1. The van der Waals surface area contributed by atoms with Crippen molar-refractivity contribution in [3.63, 3.8) is 0 Å². The zero-order chi connectivity index (χ0) is 20.6. The molecule has 0 spiro atoms. The number of hydrogen-bond acceptors (Lipinski definition) is 7. The Bertz CT molecular complexity index is 1020. The normalized spacial score (nSPS) is 10.6. The summed E-state index contributed by atoms with van der Waals surface area (Å²) in [6.45, 7) is -0.617. The summed E-state index contributed by atoms with van der Waals surface area (Å²) in [7, 11) is -1.99. The SMILES string of the molecule is Cn1nc(-c2cccnc2)cc1NC(=O)CNS(=O)(=O)c1cccs1.O=CO. The van der Waals surface area contributed by atoms with Crippen LogP contribution in [0.4, 0.5) is 5.82 Å². The highest BCUT2D eigenvalue weighted by Gasteiger charge is 2.17. The molecule has 1 amide bonds. The summed E-state index contributed by atoms with van der Waals surface area (Å²) in [4.78, 5) is 24.4. The van der Waals surface area contributed by atoms with E-state index in [1.807, 2.05) is 6.07 Å². The van der Waals surface area contributed by atoms with Gasteiger partial charge in [-0.3, -0.25) is 19.3 Å². The van der Waals surface area contributed by atoms with E-state index in [0.717, 1.165) is 16.9 Å². The highest BCUT2D eigenvalue weighted by atomic mass is 32.2. The number of anilines is 1. The highest BCUT2D eigenvalue weighted by molar-refractivity contribution is 7.91. The van der Waals surface area contributed by atoms with Gasteiger partial charge in [-0.1, -0.05) is 6.07 Å². The maximum absolute atomic E-state index is 12.0. The predicted octanol–water partition coefficient (Wildman–Crippen LogP) is 1.16. The van der Waals surface area contributed by atoms with Gasteiger partial charge in [0.2, 0.25) is 5.91 Å². The van der Waals surface area contributed by atoms with Gasteiger partial charge in [0.1, 0.15) is 10.0 Å². The summed E-state index contributed by atoms with van der Waals surface area (Å²) in [5.74, 6) is -0.0277. The zero-order valence-electron chi connectivity index (χ0n) is 14.6. The lowest BCUT2D eigenvalue weighted by molar-refractivity contribution is -0.123. The number of carbonyl (C=O) groups is 2. The standard InChI is InChI=1S/C15H15N5O3S2.CH2O2/c1-20-13(8-12(19-20)11-4-2-6-16-9-11)18-14(21)10-17-25(22,23)15-5-3-7-24-15;2-1-3/h2-9,17H,10H2,1H3,(H,18,21);1H,(H,2,3). The molecule has 0 aliphatic rings. The van der Waals surface area contributed by atoms with Crippen molar-refractivity contribution in [3.8, 4) is 11.3 Å². The van der Waals surface area contributed by atoms with E-state index < -0.39 is 15.9 Å². The first kappa shape index (κ1) is 21.2. The Morgan fingerprint density at radius 2 is 2.11 bits per heavy atom. The molecule has 0 unspecified atom stereocenters. The lowest BCUT2D eigenvalue weighted by atomic mass is 10.2. The maximum atomic E-state index is 12.0. The van der Waals surface area contributed by atoms with Crippen molar-refractivity contribution in [2.24, 2.45) is 7.05 Å². The number of carboxylic acid groups (broad SMARTS) is 1. The molecule has 0 aliphatic heterocycles. The summed E-state index contributed by atoms with van der Waals surface area (Å²) in [6, 6.07) is 8.46. The van der Waals surface area contributed by atoms with Crippen molar-refractivity contribution in [3.05, 3.63) is 48.1 Å². The summed E-state index contributed by atoms with van der Waals surface area (Å²) in [5, 5.41) is 15.5. The number of carbonyl (C=O) groups excluding carboxylic acids is 1. The van der Waals surface area contributed by atoms with Gasteiger partial charge in [-0.05, 0) is 23.6 Å². The van der Waals surface area contributed by atoms with Crippen molar-refractivity contribution in [2.45, 2.75) is 4.21 Å². The molecule has 0 atom stereocenters. The number of nitrogens with one attached hydrogen (secondary N) is 2. The molecule has 0 aliphatic carbocycles. The topological polar surface area (TPSA) is 143 Å². The van der Waals surface area contributed by atoms with Gasteiger partial charge in [-0.25, -0.2) is 13.1 Å². The molecule has 0 bridgehead atoms.